The van der Waals surface area contributed by atoms with Gasteiger partial charge >= 0.3 is 0 Å². The molecule has 0 heterocycles. The SMILES string of the molecule is CN(C[C@H](O)c1ccc(O)cc1)C(C)(C)C. The Balaban J connectivity index is 2.65. The quantitative estimate of drug-likeness (QED) is 0.825. The highest BCUT2D eigenvalue weighted by Crippen LogP contribution is 2.20. The lowest BCUT2D eigenvalue weighted by atomic mass is 10.0. The summed E-state index contributed by atoms with van der Waals surface area (Å²) in [4.78, 5) is 2.10. The lowest BCUT2D eigenvalue weighted by molar-refractivity contribution is 0.0789. The molecule has 0 amide bonds. The smallest absolute Gasteiger partial charge is 0.115 e. The fourth-order valence-corrected chi connectivity index (χ4v) is 1.34. The van der Waals surface area contributed by atoms with Crippen molar-refractivity contribution in [2.75, 3.05) is 13.6 Å². The number of aliphatic hydroxyl groups is 1. The van der Waals surface area contributed by atoms with Crippen LogP contribution in [0.2, 0.25) is 0 Å². The lowest BCUT2D eigenvalue weighted by Crippen LogP contribution is -2.40. The molecule has 0 unspecified atom stereocenters. The maximum absolute atomic E-state index is 10.0. The first kappa shape index (κ1) is 13.0. The second kappa shape index (κ2) is 4.85. The molecule has 0 aliphatic carbocycles. The van der Waals surface area contributed by atoms with Crippen LogP contribution in [0.1, 0.15) is 32.4 Å². The van der Waals surface area contributed by atoms with Gasteiger partial charge in [0.05, 0.1) is 6.10 Å². The van der Waals surface area contributed by atoms with Gasteiger partial charge < -0.3 is 10.2 Å². The predicted molar refractivity (Wildman–Crippen MR) is 65.4 cm³/mol. The molecule has 90 valence electrons. The van der Waals surface area contributed by atoms with Crippen molar-refractivity contribution in [1.29, 1.82) is 0 Å². The molecule has 0 saturated heterocycles. The number of aromatic hydroxyl groups is 1. The van der Waals surface area contributed by atoms with Gasteiger partial charge in [-0.05, 0) is 45.5 Å². The van der Waals surface area contributed by atoms with Crippen LogP contribution in [-0.4, -0.2) is 34.2 Å². The van der Waals surface area contributed by atoms with Crippen molar-refractivity contribution in [1.82, 2.24) is 4.90 Å². The first-order valence-corrected chi connectivity index (χ1v) is 5.49. The molecule has 0 fully saturated rings. The third kappa shape index (κ3) is 3.51. The molecule has 1 aromatic carbocycles. The van der Waals surface area contributed by atoms with Crippen molar-refractivity contribution in [3.63, 3.8) is 0 Å². The predicted octanol–water partition coefficient (Wildman–Crippen LogP) is 2.16. The topological polar surface area (TPSA) is 43.7 Å². The van der Waals surface area contributed by atoms with Crippen LogP contribution in [0.15, 0.2) is 24.3 Å². The highest BCUT2D eigenvalue weighted by molar-refractivity contribution is 5.27. The average molecular weight is 223 g/mol. The molecular formula is C13H21NO2. The zero-order valence-electron chi connectivity index (χ0n) is 10.4. The second-order valence-electron chi connectivity index (χ2n) is 5.16. The Morgan fingerprint density at radius 3 is 2.12 bits per heavy atom. The van der Waals surface area contributed by atoms with Gasteiger partial charge in [-0.2, -0.15) is 0 Å². The van der Waals surface area contributed by atoms with E-state index in [1.54, 1.807) is 24.3 Å². The van der Waals surface area contributed by atoms with E-state index >= 15 is 0 Å². The Morgan fingerprint density at radius 2 is 1.69 bits per heavy atom. The minimum atomic E-state index is -0.523. The zero-order valence-corrected chi connectivity index (χ0v) is 10.4. The number of phenolic OH excluding ortho intramolecular Hbond substituents is 1. The summed E-state index contributed by atoms with van der Waals surface area (Å²) in [7, 11) is 1.99. The van der Waals surface area contributed by atoms with E-state index in [0.717, 1.165) is 5.56 Å². The van der Waals surface area contributed by atoms with Crippen LogP contribution >= 0.6 is 0 Å². The van der Waals surface area contributed by atoms with Gasteiger partial charge in [-0.15, -0.1) is 0 Å². The van der Waals surface area contributed by atoms with E-state index in [4.69, 9.17) is 5.11 Å². The number of likely N-dealkylation sites (N-methyl/N-ethyl adjacent to an activating group) is 1. The number of rotatable bonds is 3. The Hall–Kier alpha value is -1.06. The zero-order chi connectivity index (χ0) is 12.3. The van der Waals surface area contributed by atoms with Crippen LogP contribution in [0, 0.1) is 0 Å². The van der Waals surface area contributed by atoms with Crippen LogP contribution < -0.4 is 0 Å². The maximum atomic E-state index is 10.0. The summed E-state index contributed by atoms with van der Waals surface area (Å²) >= 11 is 0. The number of hydrogen-bond donors (Lipinski definition) is 2. The molecule has 0 aliphatic rings. The lowest BCUT2D eigenvalue weighted by Gasteiger charge is -2.33. The number of phenols is 1. The van der Waals surface area contributed by atoms with Gasteiger partial charge in [0.2, 0.25) is 0 Å². The number of nitrogens with zero attached hydrogens (tertiary/aromatic N) is 1. The van der Waals surface area contributed by atoms with Crippen molar-refractivity contribution in [2.45, 2.75) is 32.4 Å². The fraction of sp³-hybridized carbons (Fsp3) is 0.538. The summed E-state index contributed by atoms with van der Waals surface area (Å²) in [5.41, 5.74) is 0.867. The molecule has 0 aliphatic heterocycles. The summed E-state index contributed by atoms with van der Waals surface area (Å²) in [5.74, 6) is 0.222. The van der Waals surface area contributed by atoms with Crippen LogP contribution in [0.5, 0.6) is 5.75 Å². The van der Waals surface area contributed by atoms with E-state index in [0.29, 0.717) is 6.54 Å². The molecule has 1 rings (SSSR count). The molecule has 3 nitrogen and oxygen atoms in total. The Bertz CT molecular complexity index is 327. The monoisotopic (exact) mass is 223 g/mol. The van der Waals surface area contributed by atoms with Gasteiger partial charge in [-0.25, -0.2) is 0 Å². The third-order valence-electron chi connectivity index (χ3n) is 2.87. The molecule has 0 radical (unpaired) electrons. The summed E-state index contributed by atoms with van der Waals surface area (Å²) < 4.78 is 0. The molecule has 0 aromatic heterocycles. The van der Waals surface area contributed by atoms with Crippen LogP contribution in [0.4, 0.5) is 0 Å². The molecule has 16 heavy (non-hydrogen) atoms. The normalized spacial score (nSPS) is 14.1. The van der Waals surface area contributed by atoms with Gasteiger partial charge in [0.1, 0.15) is 5.75 Å². The van der Waals surface area contributed by atoms with Crippen LogP contribution in [0.3, 0.4) is 0 Å². The largest absolute Gasteiger partial charge is 0.508 e. The second-order valence-corrected chi connectivity index (χ2v) is 5.16. The third-order valence-corrected chi connectivity index (χ3v) is 2.87. The number of hydrogen-bond acceptors (Lipinski definition) is 3. The van der Waals surface area contributed by atoms with E-state index < -0.39 is 6.10 Å². The van der Waals surface area contributed by atoms with Crippen molar-refractivity contribution in [2.24, 2.45) is 0 Å². The van der Waals surface area contributed by atoms with Gasteiger partial charge in [-0.3, -0.25) is 4.90 Å². The Labute approximate surface area is 97.3 Å². The standard InChI is InChI=1S/C13H21NO2/c1-13(2,3)14(4)9-12(16)10-5-7-11(15)8-6-10/h5-8,12,15-16H,9H2,1-4H3/t12-/m0/s1. The minimum Gasteiger partial charge on any atom is -0.508 e. The van der Waals surface area contributed by atoms with E-state index in [9.17, 15) is 5.11 Å². The highest BCUT2D eigenvalue weighted by atomic mass is 16.3. The summed E-state index contributed by atoms with van der Waals surface area (Å²) in [6.07, 6.45) is -0.523. The molecule has 0 saturated carbocycles. The summed E-state index contributed by atoms with van der Waals surface area (Å²) in [6.45, 7) is 6.90. The Kier molecular flexibility index (Phi) is 3.94. The van der Waals surface area contributed by atoms with Crippen molar-refractivity contribution in [3.05, 3.63) is 29.8 Å². The summed E-state index contributed by atoms with van der Waals surface area (Å²) in [5, 5.41) is 19.2. The van der Waals surface area contributed by atoms with E-state index in [-0.39, 0.29) is 11.3 Å². The first-order valence-electron chi connectivity index (χ1n) is 5.49. The van der Waals surface area contributed by atoms with Gasteiger partial charge in [0, 0.05) is 12.1 Å². The summed E-state index contributed by atoms with van der Waals surface area (Å²) in [6, 6.07) is 6.68. The molecule has 0 bridgehead atoms. The van der Waals surface area contributed by atoms with E-state index in [1.807, 2.05) is 7.05 Å². The van der Waals surface area contributed by atoms with Crippen molar-refractivity contribution >= 4 is 0 Å². The van der Waals surface area contributed by atoms with Gasteiger partial charge in [0.15, 0.2) is 0 Å². The number of benzene rings is 1. The number of aliphatic hydroxyl groups excluding tert-OH is 1. The highest BCUT2D eigenvalue weighted by Gasteiger charge is 2.20. The van der Waals surface area contributed by atoms with E-state index in [2.05, 4.69) is 25.7 Å². The van der Waals surface area contributed by atoms with Gasteiger partial charge in [0.25, 0.3) is 0 Å². The van der Waals surface area contributed by atoms with Crippen LogP contribution in [-0.2, 0) is 0 Å². The molecule has 2 N–H and O–H groups in total. The maximum Gasteiger partial charge on any atom is 0.115 e. The molecule has 1 aromatic rings. The Morgan fingerprint density at radius 1 is 1.19 bits per heavy atom. The number of β-amino-alcohol motifs (C(OH)–C–C–N with tert-alkyl or cyclic N) is 1. The molecule has 1 atom stereocenters. The van der Waals surface area contributed by atoms with Crippen molar-refractivity contribution in [3.8, 4) is 5.75 Å². The fourth-order valence-electron chi connectivity index (χ4n) is 1.34. The first-order chi connectivity index (χ1) is 7.30. The molecule has 0 spiro atoms. The molecular weight excluding hydrogens is 202 g/mol. The van der Waals surface area contributed by atoms with E-state index in [1.165, 1.54) is 0 Å². The molecule has 3 heteroatoms. The average Bonchev–Trinajstić information content (AvgIpc) is 2.17. The van der Waals surface area contributed by atoms with Crippen molar-refractivity contribution < 1.29 is 10.2 Å². The minimum absolute atomic E-state index is 0.0396. The van der Waals surface area contributed by atoms with Crippen LogP contribution in [0.25, 0.3) is 0 Å². The van der Waals surface area contributed by atoms with Gasteiger partial charge in [-0.1, -0.05) is 12.1 Å².